The summed E-state index contributed by atoms with van der Waals surface area (Å²) in [6, 6.07) is 1.91. The van der Waals surface area contributed by atoms with Gasteiger partial charge >= 0.3 is 0 Å². The third-order valence-corrected chi connectivity index (χ3v) is 2.30. The quantitative estimate of drug-likeness (QED) is 0.474. The van der Waals surface area contributed by atoms with Crippen LogP contribution in [0.5, 0.6) is 0 Å². The lowest BCUT2D eigenvalue weighted by Gasteiger charge is -2.02. The summed E-state index contributed by atoms with van der Waals surface area (Å²) in [7, 11) is 0. The summed E-state index contributed by atoms with van der Waals surface area (Å²) in [5.74, 6) is 0. The lowest BCUT2D eigenvalue weighted by atomic mass is 10.4. The Balaban J connectivity index is 3.16. The molecule has 0 saturated carbocycles. The van der Waals surface area contributed by atoms with Gasteiger partial charge < -0.3 is 0 Å². The van der Waals surface area contributed by atoms with Crippen molar-refractivity contribution in [2.75, 3.05) is 0 Å². The standard InChI is InChI=1S/C7H5BrN6O/c8-6-5(12-13-10)4-11-14(7(6)15)3-1-2-9/h4H,1,3H2. The zero-order valence-electron chi connectivity index (χ0n) is 7.46. The first kappa shape index (κ1) is 11.2. The fraction of sp³-hybridized carbons (Fsp3) is 0.286. The Morgan fingerprint density at radius 2 is 2.53 bits per heavy atom. The summed E-state index contributed by atoms with van der Waals surface area (Å²) < 4.78 is 1.28. The van der Waals surface area contributed by atoms with Gasteiger partial charge in [-0.2, -0.15) is 10.4 Å². The third kappa shape index (κ3) is 2.56. The summed E-state index contributed by atoms with van der Waals surface area (Å²) >= 11 is 3.00. The molecular weight excluding hydrogens is 264 g/mol. The van der Waals surface area contributed by atoms with E-state index in [1.165, 1.54) is 6.20 Å². The van der Waals surface area contributed by atoms with Gasteiger partial charge in [0.1, 0.15) is 0 Å². The van der Waals surface area contributed by atoms with E-state index in [-0.39, 0.29) is 23.1 Å². The minimum atomic E-state index is -0.421. The number of hydrogen-bond donors (Lipinski definition) is 0. The van der Waals surface area contributed by atoms with Gasteiger partial charge in [0.2, 0.25) is 0 Å². The van der Waals surface area contributed by atoms with Crippen LogP contribution in [0, 0.1) is 11.3 Å². The molecule has 0 aliphatic heterocycles. The zero-order chi connectivity index (χ0) is 11.3. The highest BCUT2D eigenvalue weighted by Gasteiger charge is 2.06. The second kappa shape index (κ2) is 5.14. The van der Waals surface area contributed by atoms with Crippen molar-refractivity contribution in [2.24, 2.45) is 5.11 Å². The molecule has 0 atom stereocenters. The van der Waals surface area contributed by atoms with E-state index in [1.54, 1.807) is 0 Å². The zero-order valence-corrected chi connectivity index (χ0v) is 9.05. The number of halogens is 1. The van der Waals surface area contributed by atoms with Crippen molar-refractivity contribution in [1.29, 1.82) is 5.26 Å². The second-order valence-electron chi connectivity index (χ2n) is 2.47. The van der Waals surface area contributed by atoms with E-state index in [9.17, 15) is 4.79 Å². The molecule has 0 radical (unpaired) electrons. The van der Waals surface area contributed by atoms with Gasteiger partial charge in [0, 0.05) is 4.91 Å². The van der Waals surface area contributed by atoms with Crippen LogP contribution in [0.3, 0.4) is 0 Å². The van der Waals surface area contributed by atoms with Gasteiger partial charge in [-0.15, -0.1) is 0 Å². The topological polar surface area (TPSA) is 107 Å². The Morgan fingerprint density at radius 1 is 1.80 bits per heavy atom. The summed E-state index contributed by atoms with van der Waals surface area (Å²) in [5, 5.41) is 15.4. The van der Waals surface area contributed by atoms with Crippen LogP contribution in [0.15, 0.2) is 20.6 Å². The molecule has 0 aliphatic carbocycles. The molecule has 1 rings (SSSR count). The maximum absolute atomic E-state index is 11.5. The molecule has 0 spiro atoms. The SMILES string of the molecule is N#CCCn1ncc(N=[N+]=[N-])c(Br)c1=O. The van der Waals surface area contributed by atoms with Gasteiger partial charge in [-0.3, -0.25) is 4.79 Å². The van der Waals surface area contributed by atoms with Crippen LogP contribution < -0.4 is 5.56 Å². The molecule has 0 aliphatic rings. The Morgan fingerprint density at radius 3 is 3.13 bits per heavy atom. The molecule has 76 valence electrons. The highest BCUT2D eigenvalue weighted by Crippen LogP contribution is 2.19. The fourth-order valence-electron chi connectivity index (χ4n) is 0.889. The van der Waals surface area contributed by atoms with Gasteiger partial charge in [-0.25, -0.2) is 4.68 Å². The van der Waals surface area contributed by atoms with E-state index in [0.29, 0.717) is 0 Å². The van der Waals surface area contributed by atoms with E-state index >= 15 is 0 Å². The van der Waals surface area contributed by atoms with E-state index in [2.05, 4.69) is 31.1 Å². The van der Waals surface area contributed by atoms with Crippen LogP contribution in [-0.4, -0.2) is 9.78 Å². The highest BCUT2D eigenvalue weighted by molar-refractivity contribution is 9.10. The van der Waals surface area contributed by atoms with Crippen molar-refractivity contribution >= 4 is 21.6 Å². The van der Waals surface area contributed by atoms with Crippen LogP contribution in [0.25, 0.3) is 10.4 Å². The molecule has 0 bridgehead atoms. The first-order valence-electron chi connectivity index (χ1n) is 3.88. The number of azide groups is 1. The maximum atomic E-state index is 11.5. The molecule has 1 aromatic heterocycles. The van der Waals surface area contributed by atoms with Gasteiger partial charge in [-0.1, -0.05) is 5.11 Å². The number of aromatic nitrogens is 2. The lowest BCUT2D eigenvalue weighted by Crippen LogP contribution is -2.23. The second-order valence-corrected chi connectivity index (χ2v) is 3.26. The van der Waals surface area contributed by atoms with Crippen molar-refractivity contribution < 1.29 is 0 Å². The normalized spacial score (nSPS) is 9.07. The molecular formula is C7H5BrN6O. The largest absolute Gasteiger partial charge is 0.281 e. The fourth-order valence-corrected chi connectivity index (χ4v) is 1.28. The van der Waals surface area contributed by atoms with Crippen molar-refractivity contribution in [2.45, 2.75) is 13.0 Å². The maximum Gasteiger partial charge on any atom is 0.281 e. The number of rotatable bonds is 3. The van der Waals surface area contributed by atoms with E-state index in [4.69, 9.17) is 10.8 Å². The Kier molecular flexibility index (Phi) is 3.85. The Labute approximate surface area is 92.7 Å². The number of nitrogens with zero attached hydrogens (tertiary/aromatic N) is 6. The van der Waals surface area contributed by atoms with Gasteiger partial charge in [-0.05, 0) is 21.5 Å². The van der Waals surface area contributed by atoms with Crippen molar-refractivity contribution in [3.8, 4) is 6.07 Å². The van der Waals surface area contributed by atoms with Crippen LogP contribution in [0.4, 0.5) is 5.69 Å². The van der Waals surface area contributed by atoms with Gasteiger partial charge in [0.05, 0.1) is 35.4 Å². The smallest absolute Gasteiger partial charge is 0.266 e. The molecule has 0 unspecified atom stereocenters. The third-order valence-electron chi connectivity index (χ3n) is 1.55. The lowest BCUT2D eigenvalue weighted by molar-refractivity contribution is 0.586. The molecule has 1 heterocycles. The molecule has 1 aromatic rings. The average Bonchev–Trinajstić information content (AvgIpc) is 2.24. The Bertz CT molecular complexity index is 509. The number of nitriles is 1. The van der Waals surface area contributed by atoms with Gasteiger partial charge in [0.15, 0.2) is 0 Å². The first-order valence-corrected chi connectivity index (χ1v) is 4.67. The minimum absolute atomic E-state index is 0.135. The van der Waals surface area contributed by atoms with Gasteiger partial charge in [0.25, 0.3) is 5.56 Å². The molecule has 8 heteroatoms. The van der Waals surface area contributed by atoms with E-state index in [0.717, 1.165) is 4.68 Å². The average molecular weight is 269 g/mol. The van der Waals surface area contributed by atoms with Crippen LogP contribution in [-0.2, 0) is 6.54 Å². The highest BCUT2D eigenvalue weighted by atomic mass is 79.9. The van der Waals surface area contributed by atoms with E-state index in [1.807, 2.05) is 6.07 Å². The summed E-state index contributed by atoms with van der Waals surface area (Å²) in [4.78, 5) is 14.1. The van der Waals surface area contributed by atoms with Crippen LogP contribution in [0.1, 0.15) is 6.42 Å². The van der Waals surface area contributed by atoms with Crippen molar-refractivity contribution in [3.63, 3.8) is 0 Å². The van der Waals surface area contributed by atoms with Crippen LogP contribution in [0.2, 0.25) is 0 Å². The predicted octanol–water partition coefficient (Wildman–Crippen LogP) is 1.86. The van der Waals surface area contributed by atoms with Crippen molar-refractivity contribution in [1.82, 2.24) is 9.78 Å². The van der Waals surface area contributed by atoms with E-state index < -0.39 is 5.56 Å². The number of hydrogen-bond acceptors (Lipinski definition) is 4. The molecule has 0 aromatic carbocycles. The molecule has 0 saturated heterocycles. The summed E-state index contributed by atoms with van der Waals surface area (Å²) in [6.45, 7) is 0.213. The molecule has 7 nitrogen and oxygen atoms in total. The summed E-state index contributed by atoms with van der Waals surface area (Å²) in [5.41, 5.74) is 7.92. The number of aryl methyl sites for hydroxylation is 1. The minimum Gasteiger partial charge on any atom is -0.266 e. The first-order chi connectivity index (χ1) is 7.20. The predicted molar refractivity (Wildman–Crippen MR) is 55.2 cm³/mol. The molecule has 0 amide bonds. The van der Waals surface area contributed by atoms with Crippen molar-refractivity contribution in [3.05, 3.63) is 31.5 Å². The summed E-state index contributed by atoms with van der Waals surface area (Å²) in [6.07, 6.45) is 1.46. The van der Waals surface area contributed by atoms with Crippen LogP contribution >= 0.6 is 15.9 Å². The molecule has 0 fully saturated rings. The molecule has 15 heavy (non-hydrogen) atoms. The monoisotopic (exact) mass is 268 g/mol. The molecule has 0 N–H and O–H groups in total. The Hall–Kier alpha value is -1.84.